The lowest BCUT2D eigenvalue weighted by molar-refractivity contribution is -0.139. The third-order valence-corrected chi connectivity index (χ3v) is 4.41. The summed E-state index contributed by atoms with van der Waals surface area (Å²) in [5.41, 5.74) is 3.01. The van der Waals surface area contributed by atoms with Crippen molar-refractivity contribution in [2.24, 2.45) is 0 Å². The number of amides is 2. The highest BCUT2D eigenvalue weighted by Crippen LogP contribution is 2.15. The number of hydrogen-bond acceptors (Lipinski definition) is 2. The summed E-state index contributed by atoms with van der Waals surface area (Å²) in [6, 6.07) is 14.6. The normalized spacial score (nSPS) is 11.7. The molecule has 1 N–H and O–H groups in total. The summed E-state index contributed by atoms with van der Waals surface area (Å²) in [7, 11) is 1.58. The first-order chi connectivity index (χ1) is 11.9. The van der Waals surface area contributed by atoms with Gasteiger partial charge in [-0.15, -0.1) is 0 Å². The maximum absolute atomic E-state index is 12.8. The van der Waals surface area contributed by atoms with Crippen molar-refractivity contribution in [2.75, 3.05) is 7.05 Å². The van der Waals surface area contributed by atoms with Crippen molar-refractivity contribution in [1.82, 2.24) is 10.2 Å². The molecule has 0 aliphatic rings. The second-order valence-electron chi connectivity index (χ2n) is 6.10. The lowest BCUT2D eigenvalue weighted by Gasteiger charge is -2.28. The Morgan fingerprint density at radius 2 is 1.60 bits per heavy atom. The van der Waals surface area contributed by atoms with Crippen LogP contribution in [-0.4, -0.2) is 29.8 Å². The zero-order chi connectivity index (χ0) is 18.4. The van der Waals surface area contributed by atoms with Gasteiger partial charge in [-0.3, -0.25) is 9.59 Å². The Kier molecular flexibility index (Phi) is 6.59. The molecule has 2 aromatic rings. The molecular formula is C20H23ClN2O2. The molecule has 0 radical (unpaired) electrons. The average Bonchev–Trinajstić information content (AvgIpc) is 2.61. The molecule has 0 heterocycles. The maximum atomic E-state index is 12.8. The van der Waals surface area contributed by atoms with Crippen molar-refractivity contribution in [1.29, 1.82) is 0 Å². The predicted molar refractivity (Wildman–Crippen MR) is 100 cm³/mol. The summed E-state index contributed by atoms with van der Waals surface area (Å²) in [6.07, 6.45) is 0.227. The van der Waals surface area contributed by atoms with Crippen LogP contribution in [0.1, 0.15) is 23.6 Å². The number of carbonyl (C=O) groups excluding carboxylic acids is 2. The van der Waals surface area contributed by atoms with E-state index >= 15 is 0 Å². The number of aryl methyl sites for hydroxylation is 1. The van der Waals surface area contributed by atoms with Crippen LogP contribution in [0.2, 0.25) is 5.02 Å². The van der Waals surface area contributed by atoms with Crippen LogP contribution >= 0.6 is 11.6 Å². The molecule has 4 nitrogen and oxygen atoms in total. The standard InChI is InChI=1S/C20H23ClN2O2/c1-14-4-6-17(7-5-14)13-23(15(2)20(25)22-3)19(24)12-16-8-10-18(21)11-9-16/h4-11,15H,12-13H2,1-3H3,(H,22,25)/t15-/m1/s1. The number of rotatable bonds is 6. The average molecular weight is 359 g/mol. The van der Waals surface area contributed by atoms with Gasteiger partial charge in [0.15, 0.2) is 0 Å². The molecule has 2 aromatic carbocycles. The molecule has 0 saturated carbocycles. The fraction of sp³-hybridized carbons (Fsp3) is 0.300. The van der Waals surface area contributed by atoms with Gasteiger partial charge in [0.1, 0.15) is 6.04 Å². The van der Waals surface area contributed by atoms with Gasteiger partial charge in [-0.25, -0.2) is 0 Å². The summed E-state index contributed by atoms with van der Waals surface area (Å²) in [6.45, 7) is 4.15. The predicted octanol–water partition coefficient (Wildman–Crippen LogP) is 3.35. The van der Waals surface area contributed by atoms with Gasteiger partial charge in [-0.1, -0.05) is 53.6 Å². The first-order valence-electron chi connectivity index (χ1n) is 8.21. The van der Waals surface area contributed by atoms with Gasteiger partial charge in [0, 0.05) is 18.6 Å². The molecule has 2 rings (SSSR count). The lowest BCUT2D eigenvalue weighted by Crippen LogP contribution is -2.47. The number of nitrogens with zero attached hydrogens (tertiary/aromatic N) is 1. The first-order valence-corrected chi connectivity index (χ1v) is 8.59. The summed E-state index contributed by atoms with van der Waals surface area (Å²) >= 11 is 5.89. The molecule has 0 spiro atoms. The van der Waals surface area contributed by atoms with Crippen molar-refractivity contribution < 1.29 is 9.59 Å². The van der Waals surface area contributed by atoms with E-state index in [-0.39, 0.29) is 18.2 Å². The van der Waals surface area contributed by atoms with E-state index in [1.165, 1.54) is 0 Å². The zero-order valence-corrected chi connectivity index (χ0v) is 15.5. The summed E-state index contributed by atoms with van der Waals surface area (Å²) in [5, 5.41) is 3.25. The van der Waals surface area contributed by atoms with E-state index in [1.807, 2.05) is 43.3 Å². The second-order valence-corrected chi connectivity index (χ2v) is 6.54. The number of carbonyl (C=O) groups is 2. The van der Waals surface area contributed by atoms with Gasteiger partial charge in [-0.2, -0.15) is 0 Å². The monoisotopic (exact) mass is 358 g/mol. The molecule has 0 bridgehead atoms. The van der Waals surface area contributed by atoms with Gasteiger partial charge in [0.25, 0.3) is 0 Å². The summed E-state index contributed by atoms with van der Waals surface area (Å²) in [4.78, 5) is 26.5. The highest BCUT2D eigenvalue weighted by molar-refractivity contribution is 6.30. The maximum Gasteiger partial charge on any atom is 0.242 e. The Morgan fingerprint density at radius 3 is 2.16 bits per heavy atom. The molecular weight excluding hydrogens is 336 g/mol. The van der Waals surface area contributed by atoms with E-state index in [2.05, 4.69) is 5.32 Å². The Morgan fingerprint density at radius 1 is 1.04 bits per heavy atom. The van der Waals surface area contributed by atoms with Gasteiger partial charge in [-0.05, 0) is 37.1 Å². The minimum Gasteiger partial charge on any atom is -0.357 e. The van der Waals surface area contributed by atoms with Crippen LogP contribution in [0.15, 0.2) is 48.5 Å². The van der Waals surface area contributed by atoms with Crippen molar-refractivity contribution in [2.45, 2.75) is 32.9 Å². The van der Waals surface area contributed by atoms with Crippen LogP contribution in [0.25, 0.3) is 0 Å². The molecule has 132 valence electrons. The highest BCUT2D eigenvalue weighted by Gasteiger charge is 2.25. The largest absolute Gasteiger partial charge is 0.357 e. The molecule has 5 heteroatoms. The minimum atomic E-state index is -0.550. The van der Waals surface area contributed by atoms with E-state index in [9.17, 15) is 9.59 Å². The van der Waals surface area contributed by atoms with E-state index < -0.39 is 6.04 Å². The quantitative estimate of drug-likeness (QED) is 0.860. The Bertz CT molecular complexity index is 726. The molecule has 0 aliphatic carbocycles. The third kappa shape index (κ3) is 5.33. The van der Waals surface area contributed by atoms with Crippen LogP contribution in [0.5, 0.6) is 0 Å². The fourth-order valence-corrected chi connectivity index (χ4v) is 2.69. The molecule has 0 unspecified atom stereocenters. The van der Waals surface area contributed by atoms with Gasteiger partial charge in [0.05, 0.1) is 6.42 Å². The molecule has 2 amide bonds. The van der Waals surface area contributed by atoms with E-state index in [0.29, 0.717) is 11.6 Å². The molecule has 25 heavy (non-hydrogen) atoms. The van der Waals surface area contributed by atoms with E-state index in [4.69, 9.17) is 11.6 Å². The SMILES string of the molecule is CNC(=O)[C@@H](C)N(Cc1ccc(C)cc1)C(=O)Cc1ccc(Cl)cc1. The Labute approximate surface area is 153 Å². The molecule has 0 aliphatic heterocycles. The molecule has 1 atom stereocenters. The zero-order valence-electron chi connectivity index (χ0n) is 14.8. The minimum absolute atomic E-state index is 0.0982. The molecule has 0 fully saturated rings. The first kappa shape index (κ1) is 19.0. The molecule has 0 aromatic heterocycles. The summed E-state index contributed by atoms with van der Waals surface area (Å²) in [5.74, 6) is -0.282. The number of likely N-dealkylation sites (N-methyl/N-ethyl adjacent to an activating group) is 1. The summed E-state index contributed by atoms with van der Waals surface area (Å²) < 4.78 is 0. The third-order valence-electron chi connectivity index (χ3n) is 4.16. The number of hydrogen-bond donors (Lipinski definition) is 1. The van der Waals surface area contributed by atoms with Crippen LogP contribution in [0.3, 0.4) is 0 Å². The van der Waals surface area contributed by atoms with Crippen molar-refractivity contribution in [3.8, 4) is 0 Å². The lowest BCUT2D eigenvalue weighted by atomic mass is 10.1. The van der Waals surface area contributed by atoms with E-state index in [1.54, 1.807) is 31.0 Å². The van der Waals surface area contributed by atoms with Gasteiger partial charge < -0.3 is 10.2 Å². The van der Waals surface area contributed by atoms with Gasteiger partial charge in [0.2, 0.25) is 11.8 Å². The van der Waals surface area contributed by atoms with Gasteiger partial charge >= 0.3 is 0 Å². The van der Waals surface area contributed by atoms with Crippen LogP contribution in [0, 0.1) is 6.92 Å². The number of nitrogens with one attached hydrogen (secondary N) is 1. The van der Waals surface area contributed by atoms with Crippen molar-refractivity contribution in [3.63, 3.8) is 0 Å². The smallest absolute Gasteiger partial charge is 0.242 e. The van der Waals surface area contributed by atoms with Crippen LogP contribution < -0.4 is 5.32 Å². The second kappa shape index (κ2) is 8.67. The topological polar surface area (TPSA) is 49.4 Å². The van der Waals surface area contributed by atoms with Crippen LogP contribution in [-0.2, 0) is 22.6 Å². The Hall–Kier alpha value is -2.33. The number of halogens is 1. The fourth-order valence-electron chi connectivity index (χ4n) is 2.56. The number of benzene rings is 2. The molecule has 0 saturated heterocycles. The van der Waals surface area contributed by atoms with Crippen LogP contribution in [0.4, 0.5) is 0 Å². The highest BCUT2D eigenvalue weighted by atomic mass is 35.5. The van der Waals surface area contributed by atoms with E-state index in [0.717, 1.165) is 16.7 Å². The Balaban J connectivity index is 2.20. The van der Waals surface area contributed by atoms with Crippen molar-refractivity contribution in [3.05, 3.63) is 70.2 Å². The van der Waals surface area contributed by atoms with Crippen molar-refractivity contribution >= 4 is 23.4 Å².